The Kier molecular flexibility index (Phi) is 5.68. The van der Waals surface area contributed by atoms with E-state index in [0.29, 0.717) is 10.2 Å². The highest BCUT2D eigenvalue weighted by Gasteiger charge is 2.15. The maximum atomic E-state index is 11.0. The van der Waals surface area contributed by atoms with Crippen molar-refractivity contribution in [2.45, 2.75) is 6.04 Å². The molecular weight excluding hydrogens is 271 g/mol. The summed E-state index contributed by atoms with van der Waals surface area (Å²) in [6, 6.07) is 2.61. The number of rotatable bonds is 2. The number of nitrogens with two attached hydrogens (primary N) is 1. The Morgan fingerprint density at radius 3 is 2.86 bits per heavy atom. The number of halogens is 2. The van der Waals surface area contributed by atoms with E-state index < -0.39 is 12.0 Å². The summed E-state index contributed by atoms with van der Waals surface area (Å²) in [7, 11) is 1.30. The van der Waals surface area contributed by atoms with E-state index >= 15 is 0 Å². The number of methoxy groups -OCH3 is 1. The number of ether oxygens (including phenoxy) is 1. The van der Waals surface area contributed by atoms with E-state index in [1.165, 1.54) is 7.11 Å². The monoisotopic (exact) mass is 280 g/mol. The van der Waals surface area contributed by atoms with Gasteiger partial charge in [0.25, 0.3) is 0 Å². The highest BCUT2D eigenvalue weighted by molar-refractivity contribution is 9.10. The fourth-order valence-corrected chi connectivity index (χ4v) is 1.26. The molecule has 6 heteroatoms. The van der Waals surface area contributed by atoms with Crippen LogP contribution in [0.5, 0.6) is 0 Å². The minimum absolute atomic E-state index is 0. The van der Waals surface area contributed by atoms with Gasteiger partial charge in [-0.15, -0.1) is 12.4 Å². The molecule has 78 valence electrons. The van der Waals surface area contributed by atoms with Gasteiger partial charge in [0.2, 0.25) is 0 Å². The molecule has 0 unspecified atom stereocenters. The number of aromatic nitrogens is 1. The Balaban J connectivity index is 0.00000169. The van der Waals surface area contributed by atoms with E-state index in [2.05, 4.69) is 25.7 Å². The molecule has 0 bridgehead atoms. The highest BCUT2D eigenvalue weighted by Crippen LogP contribution is 2.14. The van der Waals surface area contributed by atoms with Crippen molar-refractivity contribution in [2.24, 2.45) is 5.73 Å². The summed E-state index contributed by atoms with van der Waals surface area (Å²) in [4.78, 5) is 15.0. The van der Waals surface area contributed by atoms with Gasteiger partial charge in [-0.3, -0.25) is 4.79 Å². The molecule has 2 N–H and O–H groups in total. The second-order valence-corrected chi connectivity index (χ2v) is 3.23. The van der Waals surface area contributed by atoms with Gasteiger partial charge in [0.05, 0.1) is 7.11 Å². The standard InChI is InChI=1S/C8H9BrN2O2.ClH/c1-13-8(12)7(10)5-2-3-11-6(9)4-5;/h2-4,7H,10H2,1H3;1H/t7-;/m1./s1. The normalized spacial score (nSPS) is 11.4. The fourth-order valence-electron chi connectivity index (χ4n) is 0.874. The highest BCUT2D eigenvalue weighted by atomic mass is 79.9. The Morgan fingerprint density at radius 2 is 2.36 bits per heavy atom. The van der Waals surface area contributed by atoms with Crippen LogP contribution in [0.2, 0.25) is 0 Å². The molecule has 0 spiro atoms. The van der Waals surface area contributed by atoms with E-state index in [1.807, 2.05) is 0 Å². The largest absolute Gasteiger partial charge is 0.468 e. The van der Waals surface area contributed by atoms with Crippen LogP contribution >= 0.6 is 28.3 Å². The predicted molar refractivity (Wildman–Crippen MR) is 58.1 cm³/mol. The third-order valence-electron chi connectivity index (χ3n) is 1.56. The summed E-state index contributed by atoms with van der Waals surface area (Å²) >= 11 is 3.18. The van der Waals surface area contributed by atoms with Crippen LogP contribution in [0.25, 0.3) is 0 Å². The van der Waals surface area contributed by atoms with Crippen molar-refractivity contribution in [1.29, 1.82) is 0 Å². The van der Waals surface area contributed by atoms with Gasteiger partial charge in [0.1, 0.15) is 10.6 Å². The maximum absolute atomic E-state index is 11.0. The molecule has 0 radical (unpaired) electrons. The first-order valence-corrected chi connectivity index (χ1v) is 4.39. The van der Waals surface area contributed by atoms with E-state index in [9.17, 15) is 4.79 Å². The fraction of sp³-hybridized carbons (Fsp3) is 0.250. The minimum atomic E-state index is -0.746. The number of hydrogen-bond acceptors (Lipinski definition) is 4. The smallest absolute Gasteiger partial charge is 0.327 e. The summed E-state index contributed by atoms with van der Waals surface area (Å²) < 4.78 is 5.15. The zero-order valence-electron chi connectivity index (χ0n) is 7.44. The van der Waals surface area contributed by atoms with Crippen LogP contribution in [0.3, 0.4) is 0 Å². The first-order valence-electron chi connectivity index (χ1n) is 3.60. The lowest BCUT2D eigenvalue weighted by atomic mass is 10.1. The summed E-state index contributed by atoms with van der Waals surface area (Å²) in [5.74, 6) is -0.460. The number of carbonyl (C=O) groups is 1. The summed E-state index contributed by atoms with van der Waals surface area (Å²) in [6.45, 7) is 0. The molecule has 0 aliphatic heterocycles. The third kappa shape index (κ3) is 3.25. The number of carbonyl (C=O) groups excluding carboxylic acids is 1. The van der Waals surface area contributed by atoms with Gasteiger partial charge < -0.3 is 10.5 Å². The Morgan fingerprint density at radius 1 is 1.71 bits per heavy atom. The summed E-state index contributed by atoms with van der Waals surface area (Å²) in [5, 5.41) is 0. The molecule has 0 fully saturated rings. The van der Waals surface area contributed by atoms with Gasteiger partial charge in [-0.2, -0.15) is 0 Å². The molecule has 1 rings (SSSR count). The van der Waals surface area contributed by atoms with Crippen LogP contribution in [0.4, 0.5) is 0 Å². The lowest BCUT2D eigenvalue weighted by Crippen LogP contribution is -2.22. The molecule has 4 nitrogen and oxygen atoms in total. The van der Waals surface area contributed by atoms with E-state index in [1.54, 1.807) is 18.3 Å². The number of pyridine rings is 1. The lowest BCUT2D eigenvalue weighted by molar-refractivity contribution is -0.142. The van der Waals surface area contributed by atoms with Crippen LogP contribution in [0.15, 0.2) is 22.9 Å². The minimum Gasteiger partial charge on any atom is -0.468 e. The van der Waals surface area contributed by atoms with Crippen molar-refractivity contribution in [2.75, 3.05) is 7.11 Å². The Bertz CT molecular complexity index is 322. The molecule has 1 heterocycles. The lowest BCUT2D eigenvalue weighted by Gasteiger charge is -2.08. The summed E-state index contributed by atoms with van der Waals surface area (Å²) in [5.41, 5.74) is 6.27. The van der Waals surface area contributed by atoms with Crippen molar-refractivity contribution in [3.8, 4) is 0 Å². The molecule has 0 amide bonds. The second kappa shape index (κ2) is 5.95. The number of hydrogen-bond donors (Lipinski definition) is 1. The van der Waals surface area contributed by atoms with Crippen LogP contribution in [-0.2, 0) is 9.53 Å². The third-order valence-corrected chi connectivity index (χ3v) is 2.00. The Hall–Kier alpha value is -0.650. The molecule has 1 aromatic heterocycles. The molecular formula is C8H10BrClN2O2. The van der Waals surface area contributed by atoms with Crippen molar-refractivity contribution in [3.63, 3.8) is 0 Å². The van der Waals surface area contributed by atoms with Gasteiger partial charge in [0.15, 0.2) is 0 Å². The molecule has 0 aliphatic rings. The van der Waals surface area contributed by atoms with Crippen LogP contribution in [-0.4, -0.2) is 18.1 Å². The number of nitrogens with zero attached hydrogens (tertiary/aromatic N) is 1. The average Bonchev–Trinajstić information content (AvgIpc) is 2.15. The van der Waals surface area contributed by atoms with Crippen LogP contribution < -0.4 is 5.73 Å². The van der Waals surface area contributed by atoms with Gasteiger partial charge in [0, 0.05) is 6.20 Å². The first-order chi connectivity index (χ1) is 6.15. The first kappa shape index (κ1) is 13.4. The van der Waals surface area contributed by atoms with Gasteiger partial charge in [-0.05, 0) is 33.6 Å². The predicted octanol–water partition coefficient (Wildman–Crippen LogP) is 1.44. The molecule has 0 aromatic carbocycles. The zero-order chi connectivity index (χ0) is 9.84. The van der Waals surface area contributed by atoms with Crippen molar-refractivity contribution >= 4 is 34.3 Å². The van der Waals surface area contributed by atoms with Crippen LogP contribution in [0.1, 0.15) is 11.6 Å². The van der Waals surface area contributed by atoms with Gasteiger partial charge in [-0.1, -0.05) is 0 Å². The number of esters is 1. The van der Waals surface area contributed by atoms with Crippen molar-refractivity contribution in [1.82, 2.24) is 4.98 Å². The zero-order valence-corrected chi connectivity index (χ0v) is 9.84. The van der Waals surface area contributed by atoms with Gasteiger partial charge in [-0.25, -0.2) is 4.98 Å². The van der Waals surface area contributed by atoms with Crippen molar-refractivity contribution < 1.29 is 9.53 Å². The van der Waals surface area contributed by atoms with E-state index in [-0.39, 0.29) is 12.4 Å². The molecule has 14 heavy (non-hydrogen) atoms. The van der Waals surface area contributed by atoms with Crippen molar-refractivity contribution in [3.05, 3.63) is 28.5 Å². The van der Waals surface area contributed by atoms with E-state index in [0.717, 1.165) is 0 Å². The average molecular weight is 282 g/mol. The molecule has 1 aromatic rings. The maximum Gasteiger partial charge on any atom is 0.327 e. The Labute approximate surface area is 96.4 Å². The molecule has 0 aliphatic carbocycles. The quantitative estimate of drug-likeness (QED) is 0.658. The molecule has 0 saturated carbocycles. The molecule has 1 atom stereocenters. The molecule has 0 saturated heterocycles. The SMILES string of the molecule is COC(=O)[C@H](N)c1ccnc(Br)c1.Cl. The van der Waals surface area contributed by atoms with Gasteiger partial charge >= 0.3 is 5.97 Å². The summed E-state index contributed by atoms with van der Waals surface area (Å²) in [6.07, 6.45) is 1.57. The van der Waals surface area contributed by atoms with Crippen LogP contribution in [0, 0.1) is 0 Å². The van der Waals surface area contributed by atoms with E-state index in [4.69, 9.17) is 5.73 Å². The topological polar surface area (TPSA) is 65.2 Å². The second-order valence-electron chi connectivity index (χ2n) is 2.41.